The van der Waals surface area contributed by atoms with Crippen LogP contribution in [0.25, 0.3) is 0 Å². The van der Waals surface area contributed by atoms with Crippen LogP contribution in [0.2, 0.25) is 0 Å². The summed E-state index contributed by atoms with van der Waals surface area (Å²) in [7, 11) is 3.45. The molecule has 0 aliphatic heterocycles. The highest BCUT2D eigenvalue weighted by Gasteiger charge is 2.25. The Morgan fingerprint density at radius 3 is 2.58 bits per heavy atom. The van der Waals surface area contributed by atoms with Crippen LogP contribution in [0, 0.1) is 0 Å². The van der Waals surface area contributed by atoms with Crippen LogP contribution >= 0.6 is 0 Å². The average molecular weight is 263 g/mol. The highest BCUT2D eigenvalue weighted by molar-refractivity contribution is 5.93. The number of hydrogen-bond acceptors (Lipinski definition) is 4. The lowest BCUT2D eigenvalue weighted by molar-refractivity contribution is 0.0827. The van der Waals surface area contributed by atoms with Gasteiger partial charge < -0.3 is 14.9 Å². The van der Waals surface area contributed by atoms with Crippen molar-refractivity contribution in [3.8, 4) is 0 Å². The fraction of sp³-hybridized carbons (Fsp3) is 0.571. The van der Waals surface area contributed by atoms with Crippen LogP contribution in [-0.4, -0.2) is 54.2 Å². The van der Waals surface area contributed by atoms with Gasteiger partial charge in [0.2, 0.25) is 0 Å². The lowest BCUT2D eigenvalue weighted by Crippen LogP contribution is -2.42. The predicted octanol–water partition coefficient (Wildman–Crippen LogP) is 1.13. The molecule has 1 aliphatic rings. The smallest absolute Gasteiger partial charge is 0.254 e. The van der Waals surface area contributed by atoms with Crippen LogP contribution in [-0.2, 0) is 0 Å². The van der Waals surface area contributed by atoms with E-state index in [-0.39, 0.29) is 12.5 Å². The number of rotatable bonds is 5. The molecule has 0 saturated heterocycles. The number of hydrogen-bond donors (Lipinski definition) is 1. The first-order valence-electron chi connectivity index (χ1n) is 6.68. The van der Waals surface area contributed by atoms with Gasteiger partial charge in [-0.2, -0.15) is 0 Å². The summed E-state index contributed by atoms with van der Waals surface area (Å²) in [6, 6.07) is 4.15. The molecule has 1 aliphatic carbocycles. The Kier molecular flexibility index (Phi) is 4.37. The zero-order chi connectivity index (χ0) is 13.8. The van der Waals surface area contributed by atoms with E-state index in [1.54, 1.807) is 26.4 Å². The minimum absolute atomic E-state index is 0.0450. The summed E-state index contributed by atoms with van der Waals surface area (Å²) >= 11 is 0. The molecule has 0 atom stereocenters. The summed E-state index contributed by atoms with van der Waals surface area (Å²) < 4.78 is 0. The van der Waals surface area contributed by atoms with Gasteiger partial charge in [0.1, 0.15) is 5.82 Å². The van der Waals surface area contributed by atoms with E-state index in [0.29, 0.717) is 18.2 Å². The zero-order valence-corrected chi connectivity index (χ0v) is 11.5. The molecule has 0 aromatic carbocycles. The van der Waals surface area contributed by atoms with Gasteiger partial charge in [0, 0.05) is 32.9 Å². The minimum Gasteiger partial charge on any atom is -0.395 e. The van der Waals surface area contributed by atoms with Crippen molar-refractivity contribution in [2.45, 2.75) is 25.3 Å². The second kappa shape index (κ2) is 6.02. The molecule has 1 amide bonds. The molecule has 0 radical (unpaired) electrons. The molecular formula is C14H21N3O2. The number of anilines is 1. The van der Waals surface area contributed by atoms with Crippen LogP contribution in [0.15, 0.2) is 18.3 Å². The van der Waals surface area contributed by atoms with Crippen molar-refractivity contribution in [3.63, 3.8) is 0 Å². The first-order chi connectivity index (χ1) is 9.13. The van der Waals surface area contributed by atoms with Crippen molar-refractivity contribution in [2.24, 2.45) is 0 Å². The van der Waals surface area contributed by atoms with Crippen LogP contribution in [0.4, 0.5) is 5.82 Å². The molecule has 5 heteroatoms. The largest absolute Gasteiger partial charge is 0.395 e. The Balaban J connectivity index is 2.13. The molecule has 104 valence electrons. The van der Waals surface area contributed by atoms with Crippen molar-refractivity contribution in [1.82, 2.24) is 9.88 Å². The number of aliphatic hydroxyl groups is 1. The number of pyridine rings is 1. The maximum Gasteiger partial charge on any atom is 0.254 e. The van der Waals surface area contributed by atoms with Gasteiger partial charge in [0.25, 0.3) is 5.91 Å². The summed E-state index contributed by atoms with van der Waals surface area (Å²) in [5, 5.41) is 9.15. The Hall–Kier alpha value is -1.62. The van der Waals surface area contributed by atoms with Crippen molar-refractivity contribution >= 4 is 11.7 Å². The van der Waals surface area contributed by atoms with E-state index in [1.165, 1.54) is 11.3 Å². The maximum absolute atomic E-state index is 11.8. The molecule has 0 unspecified atom stereocenters. The van der Waals surface area contributed by atoms with Gasteiger partial charge in [0.05, 0.1) is 12.2 Å². The van der Waals surface area contributed by atoms with Crippen LogP contribution in [0.1, 0.15) is 29.6 Å². The Labute approximate surface area is 113 Å². The maximum atomic E-state index is 11.8. The van der Waals surface area contributed by atoms with Gasteiger partial charge in [-0.05, 0) is 31.4 Å². The summed E-state index contributed by atoms with van der Waals surface area (Å²) in [6.07, 6.45) is 5.16. The van der Waals surface area contributed by atoms with E-state index in [2.05, 4.69) is 9.88 Å². The standard InChI is InChI=1S/C14H21N3O2/c1-16(2)14(19)11-6-7-13(15-10-11)17(8-9-18)12-4-3-5-12/h6-7,10,12,18H,3-5,8-9H2,1-2H3. The number of amides is 1. The highest BCUT2D eigenvalue weighted by atomic mass is 16.3. The summed E-state index contributed by atoms with van der Waals surface area (Å²) in [5.74, 6) is 0.797. The third-order valence-corrected chi connectivity index (χ3v) is 3.55. The molecule has 5 nitrogen and oxygen atoms in total. The molecule has 2 rings (SSSR count). The Morgan fingerprint density at radius 2 is 2.16 bits per heavy atom. The minimum atomic E-state index is -0.0450. The topological polar surface area (TPSA) is 56.7 Å². The number of carbonyl (C=O) groups is 1. The van der Waals surface area contributed by atoms with Gasteiger partial charge >= 0.3 is 0 Å². The van der Waals surface area contributed by atoms with E-state index in [9.17, 15) is 4.79 Å². The van der Waals surface area contributed by atoms with Crippen LogP contribution in [0.5, 0.6) is 0 Å². The number of aliphatic hydroxyl groups excluding tert-OH is 1. The predicted molar refractivity (Wildman–Crippen MR) is 74.3 cm³/mol. The molecule has 19 heavy (non-hydrogen) atoms. The Morgan fingerprint density at radius 1 is 1.42 bits per heavy atom. The first kappa shape index (κ1) is 13.8. The lowest BCUT2D eigenvalue weighted by atomic mass is 9.91. The van der Waals surface area contributed by atoms with Gasteiger partial charge in [0.15, 0.2) is 0 Å². The van der Waals surface area contributed by atoms with Crippen molar-refractivity contribution in [1.29, 1.82) is 0 Å². The first-order valence-corrected chi connectivity index (χ1v) is 6.68. The highest BCUT2D eigenvalue weighted by Crippen LogP contribution is 2.28. The Bertz CT molecular complexity index is 427. The van der Waals surface area contributed by atoms with Gasteiger partial charge in [-0.3, -0.25) is 4.79 Å². The molecule has 0 spiro atoms. The van der Waals surface area contributed by atoms with Gasteiger partial charge in [-0.15, -0.1) is 0 Å². The molecule has 1 aromatic rings. The number of nitrogens with zero attached hydrogens (tertiary/aromatic N) is 3. The third kappa shape index (κ3) is 3.04. The molecule has 1 aromatic heterocycles. The fourth-order valence-corrected chi connectivity index (χ4v) is 2.23. The van der Waals surface area contributed by atoms with E-state index in [1.807, 2.05) is 6.07 Å². The van der Waals surface area contributed by atoms with E-state index in [4.69, 9.17) is 5.11 Å². The number of carbonyl (C=O) groups excluding carboxylic acids is 1. The van der Waals surface area contributed by atoms with E-state index >= 15 is 0 Å². The summed E-state index contributed by atoms with van der Waals surface area (Å²) in [5.41, 5.74) is 0.589. The van der Waals surface area contributed by atoms with Gasteiger partial charge in [-0.25, -0.2) is 4.98 Å². The fourth-order valence-electron chi connectivity index (χ4n) is 2.23. The monoisotopic (exact) mass is 263 g/mol. The molecule has 1 saturated carbocycles. The third-order valence-electron chi connectivity index (χ3n) is 3.55. The van der Waals surface area contributed by atoms with Crippen LogP contribution < -0.4 is 4.90 Å². The molecule has 1 fully saturated rings. The second-order valence-corrected chi connectivity index (χ2v) is 5.11. The second-order valence-electron chi connectivity index (χ2n) is 5.11. The SMILES string of the molecule is CN(C)C(=O)c1ccc(N(CCO)C2CCC2)nc1. The van der Waals surface area contributed by atoms with Crippen LogP contribution in [0.3, 0.4) is 0 Å². The van der Waals surface area contributed by atoms with E-state index in [0.717, 1.165) is 18.7 Å². The quantitative estimate of drug-likeness (QED) is 0.865. The summed E-state index contributed by atoms with van der Waals surface area (Å²) in [6.45, 7) is 0.717. The lowest BCUT2D eigenvalue weighted by Gasteiger charge is -2.38. The zero-order valence-electron chi connectivity index (χ0n) is 11.5. The van der Waals surface area contributed by atoms with Crippen molar-refractivity contribution in [3.05, 3.63) is 23.9 Å². The summed E-state index contributed by atoms with van der Waals surface area (Å²) in [4.78, 5) is 19.8. The molecular weight excluding hydrogens is 242 g/mol. The van der Waals surface area contributed by atoms with E-state index < -0.39 is 0 Å². The van der Waals surface area contributed by atoms with Crippen molar-refractivity contribution in [2.75, 3.05) is 32.1 Å². The van der Waals surface area contributed by atoms with Gasteiger partial charge in [-0.1, -0.05) is 0 Å². The average Bonchev–Trinajstić information content (AvgIpc) is 2.35. The normalized spacial score (nSPS) is 14.9. The van der Waals surface area contributed by atoms with Crippen molar-refractivity contribution < 1.29 is 9.90 Å². The molecule has 1 N–H and O–H groups in total. The number of aromatic nitrogens is 1. The molecule has 1 heterocycles. The molecule has 0 bridgehead atoms.